The molecule has 0 aromatic heterocycles. The summed E-state index contributed by atoms with van der Waals surface area (Å²) in [6, 6.07) is 0. The fourth-order valence-corrected chi connectivity index (χ4v) is 1.56. The van der Waals surface area contributed by atoms with E-state index < -0.39 is 42.0 Å². The predicted molar refractivity (Wildman–Crippen MR) is 37.9 cm³/mol. The van der Waals surface area contributed by atoms with Crippen molar-refractivity contribution in [3.63, 3.8) is 0 Å². The van der Waals surface area contributed by atoms with Gasteiger partial charge in [0.15, 0.2) is 23.3 Å². The summed E-state index contributed by atoms with van der Waals surface area (Å²) >= 11 is 0. The average Bonchev–Trinajstić information content (AvgIpc) is 2.09. The molecule has 1 rings (SSSR count). The van der Waals surface area contributed by atoms with Crippen LogP contribution in [0.5, 0.6) is 0 Å². The molecule has 0 heterocycles. The quantitative estimate of drug-likeness (QED) is 0.339. The molecule has 9 heteroatoms. The van der Waals surface area contributed by atoms with Gasteiger partial charge >= 0.3 is 7.60 Å². The molecule has 0 saturated heterocycles. The van der Waals surface area contributed by atoms with Crippen LogP contribution in [-0.2, 0) is 4.57 Å². The van der Waals surface area contributed by atoms with E-state index in [0.29, 0.717) is 0 Å². The molecule has 0 atom stereocenters. The van der Waals surface area contributed by atoms with Crippen LogP contribution in [0.3, 0.4) is 0 Å². The topological polar surface area (TPSA) is 57.5 Å². The SMILES string of the molecule is O=P(O)(O)c1c(F)c(F)c(F)c(F)c1F. The van der Waals surface area contributed by atoms with Gasteiger partial charge in [-0.25, -0.2) is 22.0 Å². The van der Waals surface area contributed by atoms with Crippen LogP contribution < -0.4 is 5.30 Å². The second-order valence-corrected chi connectivity index (χ2v) is 4.00. The van der Waals surface area contributed by atoms with Gasteiger partial charge in [-0.05, 0) is 0 Å². The van der Waals surface area contributed by atoms with E-state index >= 15 is 0 Å². The van der Waals surface area contributed by atoms with Crippen molar-refractivity contribution < 1.29 is 36.3 Å². The first kappa shape index (κ1) is 12.1. The summed E-state index contributed by atoms with van der Waals surface area (Å²) in [5.74, 6) is -12.3. The zero-order valence-corrected chi connectivity index (χ0v) is 7.53. The van der Waals surface area contributed by atoms with Crippen molar-refractivity contribution in [1.29, 1.82) is 0 Å². The smallest absolute Gasteiger partial charge is 0.321 e. The summed E-state index contributed by atoms with van der Waals surface area (Å²) in [4.78, 5) is 16.7. The lowest BCUT2D eigenvalue weighted by atomic mass is 10.3. The van der Waals surface area contributed by atoms with Gasteiger partial charge in [-0.15, -0.1) is 0 Å². The van der Waals surface area contributed by atoms with Crippen molar-refractivity contribution in [3.05, 3.63) is 29.1 Å². The van der Waals surface area contributed by atoms with E-state index in [9.17, 15) is 26.5 Å². The Kier molecular flexibility index (Phi) is 2.86. The minimum atomic E-state index is -5.56. The number of benzene rings is 1. The highest BCUT2D eigenvalue weighted by Gasteiger charge is 2.35. The first-order valence-corrected chi connectivity index (χ1v) is 4.86. The third kappa shape index (κ3) is 1.88. The Labute approximate surface area is 79.3 Å². The summed E-state index contributed by atoms with van der Waals surface area (Å²) in [6.07, 6.45) is 0. The summed E-state index contributed by atoms with van der Waals surface area (Å²) < 4.78 is 73.1. The van der Waals surface area contributed by atoms with E-state index in [2.05, 4.69) is 0 Å². The molecule has 84 valence electrons. The first-order valence-electron chi connectivity index (χ1n) is 3.25. The molecule has 0 unspecified atom stereocenters. The van der Waals surface area contributed by atoms with Gasteiger partial charge < -0.3 is 9.79 Å². The van der Waals surface area contributed by atoms with Gasteiger partial charge in [0.1, 0.15) is 5.30 Å². The Morgan fingerprint density at radius 2 is 1.00 bits per heavy atom. The van der Waals surface area contributed by atoms with Crippen LogP contribution >= 0.6 is 7.60 Å². The van der Waals surface area contributed by atoms with Gasteiger partial charge in [-0.1, -0.05) is 0 Å². The van der Waals surface area contributed by atoms with Gasteiger partial charge in [0.2, 0.25) is 5.82 Å². The first-order chi connectivity index (χ1) is 6.68. The monoisotopic (exact) mass is 248 g/mol. The summed E-state index contributed by atoms with van der Waals surface area (Å²) in [6.45, 7) is 0. The lowest BCUT2D eigenvalue weighted by Crippen LogP contribution is -2.20. The molecular formula is C6H2F5O3P. The summed E-state index contributed by atoms with van der Waals surface area (Å²) in [7, 11) is -5.56. The van der Waals surface area contributed by atoms with Gasteiger partial charge in [0.25, 0.3) is 0 Å². The normalized spacial score (nSPS) is 11.9. The maximum Gasteiger partial charge on any atom is 0.362 e. The van der Waals surface area contributed by atoms with Crippen molar-refractivity contribution in [2.24, 2.45) is 0 Å². The van der Waals surface area contributed by atoms with Gasteiger partial charge in [-0.3, -0.25) is 4.57 Å². The molecule has 0 aliphatic rings. The van der Waals surface area contributed by atoms with Crippen molar-refractivity contribution in [2.45, 2.75) is 0 Å². The maximum absolute atomic E-state index is 12.7. The van der Waals surface area contributed by atoms with E-state index in [4.69, 9.17) is 9.79 Å². The summed E-state index contributed by atoms with van der Waals surface area (Å²) in [5.41, 5.74) is 0. The fourth-order valence-electron chi connectivity index (χ4n) is 0.849. The van der Waals surface area contributed by atoms with Gasteiger partial charge in [0, 0.05) is 0 Å². The third-order valence-electron chi connectivity index (χ3n) is 1.48. The van der Waals surface area contributed by atoms with E-state index in [-0.39, 0.29) is 0 Å². The van der Waals surface area contributed by atoms with Crippen molar-refractivity contribution in [1.82, 2.24) is 0 Å². The lowest BCUT2D eigenvalue weighted by Gasteiger charge is -2.08. The van der Waals surface area contributed by atoms with Crippen molar-refractivity contribution in [2.75, 3.05) is 0 Å². The van der Waals surface area contributed by atoms with Gasteiger partial charge in [-0.2, -0.15) is 0 Å². The minimum absolute atomic E-state index is 2.13. The Bertz CT molecular complexity index is 439. The van der Waals surface area contributed by atoms with Crippen LogP contribution in [0.4, 0.5) is 22.0 Å². The van der Waals surface area contributed by atoms with Crippen molar-refractivity contribution >= 4 is 12.9 Å². The Morgan fingerprint density at radius 3 is 1.27 bits per heavy atom. The van der Waals surface area contributed by atoms with E-state index in [1.807, 2.05) is 0 Å². The van der Waals surface area contributed by atoms with E-state index in [1.54, 1.807) is 0 Å². The highest BCUT2D eigenvalue weighted by Crippen LogP contribution is 2.37. The molecule has 0 amide bonds. The largest absolute Gasteiger partial charge is 0.362 e. The molecular weight excluding hydrogens is 246 g/mol. The molecule has 0 spiro atoms. The number of hydrogen-bond acceptors (Lipinski definition) is 1. The molecule has 15 heavy (non-hydrogen) atoms. The van der Waals surface area contributed by atoms with E-state index in [0.717, 1.165) is 0 Å². The standard InChI is InChI=1S/C6H2F5O3P/c7-1-2(8)4(10)6(15(12,13)14)5(11)3(1)9/h(H2,12,13,14). The molecule has 1 aromatic rings. The second-order valence-electron chi connectivity index (χ2n) is 2.46. The van der Waals surface area contributed by atoms with E-state index in [1.165, 1.54) is 0 Å². The zero-order chi connectivity index (χ0) is 12.0. The Hall–Kier alpha value is -0.980. The Morgan fingerprint density at radius 1 is 0.733 bits per heavy atom. The molecule has 0 aliphatic heterocycles. The van der Waals surface area contributed by atoms with Crippen LogP contribution in [0.15, 0.2) is 0 Å². The summed E-state index contributed by atoms with van der Waals surface area (Å²) in [5, 5.41) is -2.13. The molecule has 3 nitrogen and oxygen atoms in total. The van der Waals surface area contributed by atoms with Crippen LogP contribution in [0.2, 0.25) is 0 Å². The van der Waals surface area contributed by atoms with Crippen LogP contribution in [0.1, 0.15) is 0 Å². The minimum Gasteiger partial charge on any atom is -0.321 e. The number of rotatable bonds is 1. The molecule has 0 bridgehead atoms. The van der Waals surface area contributed by atoms with Crippen LogP contribution in [0.25, 0.3) is 0 Å². The highest BCUT2D eigenvalue weighted by molar-refractivity contribution is 7.60. The predicted octanol–water partition coefficient (Wildman–Crippen LogP) is 1.19. The number of hydrogen-bond donors (Lipinski definition) is 2. The molecule has 0 fully saturated rings. The van der Waals surface area contributed by atoms with Crippen LogP contribution in [-0.4, -0.2) is 9.79 Å². The third-order valence-corrected chi connectivity index (χ3v) is 2.45. The average molecular weight is 248 g/mol. The molecule has 0 aliphatic carbocycles. The maximum atomic E-state index is 12.7. The lowest BCUT2D eigenvalue weighted by molar-refractivity contribution is 0.364. The molecule has 1 aromatic carbocycles. The van der Waals surface area contributed by atoms with Crippen molar-refractivity contribution in [3.8, 4) is 0 Å². The van der Waals surface area contributed by atoms with Crippen LogP contribution in [0, 0.1) is 29.1 Å². The molecule has 2 N–H and O–H groups in total. The second kappa shape index (κ2) is 3.55. The zero-order valence-electron chi connectivity index (χ0n) is 6.64. The number of halogens is 5. The highest BCUT2D eigenvalue weighted by atomic mass is 31.2. The fraction of sp³-hybridized carbons (Fsp3) is 0. The molecule has 0 saturated carbocycles. The Balaban J connectivity index is 3.76. The molecule has 0 radical (unpaired) electrons. The van der Waals surface area contributed by atoms with Gasteiger partial charge in [0.05, 0.1) is 0 Å².